The Bertz CT molecular complexity index is 415. The van der Waals surface area contributed by atoms with Crippen LogP contribution in [0.3, 0.4) is 0 Å². The summed E-state index contributed by atoms with van der Waals surface area (Å²) in [5.74, 6) is 0. The molecular weight excluding hydrogens is 206 g/mol. The Morgan fingerprint density at radius 1 is 1.18 bits per heavy atom. The highest BCUT2D eigenvalue weighted by Crippen LogP contribution is 2.16. The van der Waals surface area contributed by atoms with Crippen molar-refractivity contribution >= 4 is 5.71 Å². The maximum atomic E-state index is 4.15. The quantitative estimate of drug-likeness (QED) is 0.480. The summed E-state index contributed by atoms with van der Waals surface area (Å²) in [5.41, 5.74) is 5.38. The van der Waals surface area contributed by atoms with E-state index in [1.165, 1.54) is 0 Å². The van der Waals surface area contributed by atoms with E-state index in [2.05, 4.69) is 44.1 Å². The molecule has 17 heavy (non-hydrogen) atoms. The second kappa shape index (κ2) is 7.61. The lowest BCUT2D eigenvalue weighted by atomic mass is 10.00. The van der Waals surface area contributed by atoms with Gasteiger partial charge in [0.25, 0.3) is 0 Å². The summed E-state index contributed by atoms with van der Waals surface area (Å²) in [6, 6.07) is 0. The highest BCUT2D eigenvalue weighted by molar-refractivity contribution is 6.01. The molecule has 0 aromatic carbocycles. The van der Waals surface area contributed by atoms with Crippen LogP contribution in [-0.4, -0.2) is 12.8 Å². The van der Waals surface area contributed by atoms with E-state index >= 15 is 0 Å². The van der Waals surface area contributed by atoms with Crippen molar-refractivity contribution in [2.24, 2.45) is 4.99 Å². The molecule has 0 spiro atoms. The molecular formula is C16H23N. The fourth-order valence-corrected chi connectivity index (χ4v) is 1.33. The van der Waals surface area contributed by atoms with E-state index < -0.39 is 0 Å². The van der Waals surface area contributed by atoms with Crippen molar-refractivity contribution < 1.29 is 0 Å². The summed E-state index contributed by atoms with van der Waals surface area (Å²) in [6.07, 6.45) is 8.08. The van der Waals surface area contributed by atoms with Crippen molar-refractivity contribution in [3.63, 3.8) is 0 Å². The molecule has 0 amide bonds. The first kappa shape index (κ1) is 15.4. The van der Waals surface area contributed by atoms with Crippen LogP contribution in [0.15, 0.2) is 64.7 Å². The molecule has 0 saturated heterocycles. The summed E-state index contributed by atoms with van der Waals surface area (Å²) in [7, 11) is 1.78. The lowest BCUT2D eigenvalue weighted by Crippen LogP contribution is -1.97. The van der Waals surface area contributed by atoms with Gasteiger partial charge in [-0.15, -0.1) is 0 Å². The van der Waals surface area contributed by atoms with E-state index in [4.69, 9.17) is 0 Å². The van der Waals surface area contributed by atoms with Gasteiger partial charge in [-0.25, -0.2) is 0 Å². The minimum Gasteiger partial charge on any atom is -0.293 e. The summed E-state index contributed by atoms with van der Waals surface area (Å²) >= 11 is 0. The zero-order chi connectivity index (χ0) is 13.4. The van der Waals surface area contributed by atoms with Crippen LogP contribution in [0.1, 0.15) is 27.7 Å². The highest BCUT2D eigenvalue weighted by atomic mass is 14.7. The first-order valence-corrected chi connectivity index (χ1v) is 5.75. The molecule has 0 radical (unpaired) electrons. The van der Waals surface area contributed by atoms with E-state index in [1.807, 2.05) is 26.0 Å². The molecule has 0 aliphatic carbocycles. The topological polar surface area (TPSA) is 12.4 Å². The number of aliphatic imine (C=N–C) groups is 1. The van der Waals surface area contributed by atoms with Crippen LogP contribution in [0.4, 0.5) is 0 Å². The maximum absolute atomic E-state index is 4.15. The number of hydrogen-bond donors (Lipinski definition) is 0. The van der Waals surface area contributed by atoms with Gasteiger partial charge in [-0.1, -0.05) is 37.5 Å². The average Bonchev–Trinajstić information content (AvgIpc) is 2.35. The zero-order valence-electron chi connectivity index (χ0n) is 11.7. The third kappa shape index (κ3) is 4.81. The Labute approximate surface area is 106 Å². The van der Waals surface area contributed by atoms with E-state index in [-0.39, 0.29) is 0 Å². The number of allylic oxidation sites excluding steroid dienone is 8. The Hall–Kier alpha value is -1.63. The monoisotopic (exact) mass is 229 g/mol. The van der Waals surface area contributed by atoms with E-state index in [9.17, 15) is 0 Å². The molecule has 0 rings (SSSR count). The first-order chi connectivity index (χ1) is 7.97. The van der Waals surface area contributed by atoms with Crippen LogP contribution >= 0.6 is 0 Å². The Kier molecular flexibility index (Phi) is 6.88. The Balaban J connectivity index is 5.37. The van der Waals surface area contributed by atoms with E-state index in [1.54, 1.807) is 7.05 Å². The van der Waals surface area contributed by atoms with Gasteiger partial charge in [-0.05, 0) is 50.0 Å². The van der Waals surface area contributed by atoms with Gasteiger partial charge in [0.2, 0.25) is 0 Å². The van der Waals surface area contributed by atoms with Crippen molar-refractivity contribution in [3.8, 4) is 0 Å². The Morgan fingerprint density at radius 3 is 2.18 bits per heavy atom. The molecule has 0 saturated carbocycles. The molecule has 0 aliphatic heterocycles. The standard InChI is InChI=1S/C16H23N/c1-8-10-16(12(3)9-2)11-13(4)14(5)15(6)17-7/h8-11H,2,5H2,1,3-4,6-7H3/b10-8-,13-11-,16-12+,17-15?. The SMILES string of the molecule is C=C/C(C)=C(\C=C/C)/C=C(/C)C(=C)C(C)=NC. The third-order valence-electron chi connectivity index (χ3n) is 2.73. The second-order valence-corrected chi connectivity index (χ2v) is 3.96. The van der Waals surface area contributed by atoms with Gasteiger partial charge < -0.3 is 0 Å². The molecule has 0 atom stereocenters. The van der Waals surface area contributed by atoms with Crippen molar-refractivity contribution in [2.45, 2.75) is 27.7 Å². The van der Waals surface area contributed by atoms with Gasteiger partial charge in [0.15, 0.2) is 0 Å². The first-order valence-electron chi connectivity index (χ1n) is 5.75. The number of hydrogen-bond acceptors (Lipinski definition) is 1. The van der Waals surface area contributed by atoms with Crippen LogP contribution in [-0.2, 0) is 0 Å². The fraction of sp³-hybridized carbons (Fsp3) is 0.312. The lowest BCUT2D eigenvalue weighted by molar-refractivity contribution is 1.36. The minimum atomic E-state index is 0.967. The van der Waals surface area contributed by atoms with E-state index in [0.29, 0.717) is 0 Å². The maximum Gasteiger partial charge on any atom is 0.0382 e. The number of nitrogens with zero attached hydrogens (tertiary/aromatic N) is 1. The molecule has 0 unspecified atom stereocenters. The zero-order valence-corrected chi connectivity index (χ0v) is 11.7. The highest BCUT2D eigenvalue weighted by Gasteiger charge is 2.01. The molecule has 0 bridgehead atoms. The van der Waals surface area contributed by atoms with E-state index in [0.717, 1.165) is 28.0 Å². The summed E-state index contributed by atoms with van der Waals surface area (Å²) in [6.45, 7) is 15.9. The van der Waals surface area contributed by atoms with Gasteiger partial charge in [0.05, 0.1) is 0 Å². The molecule has 1 heteroatoms. The van der Waals surface area contributed by atoms with Gasteiger partial charge in [-0.3, -0.25) is 4.99 Å². The van der Waals surface area contributed by atoms with Gasteiger partial charge >= 0.3 is 0 Å². The fourth-order valence-electron chi connectivity index (χ4n) is 1.33. The molecule has 1 nitrogen and oxygen atoms in total. The average molecular weight is 229 g/mol. The largest absolute Gasteiger partial charge is 0.293 e. The summed E-state index contributed by atoms with van der Waals surface area (Å²) in [4.78, 5) is 4.15. The van der Waals surface area contributed by atoms with Crippen molar-refractivity contribution in [1.29, 1.82) is 0 Å². The van der Waals surface area contributed by atoms with Crippen molar-refractivity contribution in [1.82, 2.24) is 0 Å². The van der Waals surface area contributed by atoms with Gasteiger partial charge in [-0.2, -0.15) is 0 Å². The molecule has 0 aromatic rings. The Morgan fingerprint density at radius 2 is 1.76 bits per heavy atom. The third-order valence-corrected chi connectivity index (χ3v) is 2.73. The van der Waals surface area contributed by atoms with Crippen molar-refractivity contribution in [2.75, 3.05) is 7.05 Å². The summed E-state index contributed by atoms with van der Waals surface area (Å²) in [5, 5.41) is 0. The molecule has 0 aliphatic rings. The second-order valence-electron chi connectivity index (χ2n) is 3.96. The van der Waals surface area contributed by atoms with Gasteiger partial charge in [0.1, 0.15) is 0 Å². The van der Waals surface area contributed by atoms with Crippen LogP contribution in [0, 0.1) is 0 Å². The van der Waals surface area contributed by atoms with Crippen LogP contribution < -0.4 is 0 Å². The summed E-state index contributed by atoms with van der Waals surface area (Å²) < 4.78 is 0. The predicted octanol–water partition coefficient (Wildman–Crippen LogP) is 4.66. The molecule has 0 aromatic heterocycles. The molecule has 0 fully saturated rings. The van der Waals surface area contributed by atoms with Gasteiger partial charge in [0, 0.05) is 12.8 Å². The van der Waals surface area contributed by atoms with Crippen LogP contribution in [0.2, 0.25) is 0 Å². The predicted molar refractivity (Wildman–Crippen MR) is 79.6 cm³/mol. The smallest absolute Gasteiger partial charge is 0.0382 e. The van der Waals surface area contributed by atoms with Crippen LogP contribution in [0.25, 0.3) is 0 Å². The molecule has 0 N–H and O–H groups in total. The molecule has 0 heterocycles. The lowest BCUT2D eigenvalue weighted by Gasteiger charge is -2.07. The minimum absolute atomic E-state index is 0.967. The normalized spacial score (nSPS) is 14.9. The number of rotatable bonds is 5. The molecule has 92 valence electrons. The van der Waals surface area contributed by atoms with Crippen molar-refractivity contribution in [3.05, 3.63) is 59.8 Å². The van der Waals surface area contributed by atoms with Crippen LogP contribution in [0.5, 0.6) is 0 Å².